The average molecular weight is 337 g/mol. The summed E-state index contributed by atoms with van der Waals surface area (Å²) in [7, 11) is 0. The van der Waals surface area contributed by atoms with Gasteiger partial charge in [-0.3, -0.25) is 9.59 Å². The number of carbonyl (C=O) groups excluding carboxylic acids is 1. The Morgan fingerprint density at radius 1 is 1.52 bits per heavy atom. The van der Waals surface area contributed by atoms with Crippen molar-refractivity contribution in [1.29, 1.82) is 0 Å². The van der Waals surface area contributed by atoms with Crippen molar-refractivity contribution in [1.82, 2.24) is 9.97 Å². The molecule has 0 aliphatic heterocycles. The van der Waals surface area contributed by atoms with Gasteiger partial charge in [0.1, 0.15) is 11.9 Å². The van der Waals surface area contributed by atoms with Crippen LogP contribution in [0.4, 0.5) is 5.82 Å². The first-order valence-electron chi connectivity index (χ1n) is 7.91. The van der Waals surface area contributed by atoms with Crippen LogP contribution in [0.15, 0.2) is 16.0 Å². The fraction of sp³-hybridized carbons (Fsp3) is 0.688. The van der Waals surface area contributed by atoms with Gasteiger partial charge in [0.05, 0.1) is 5.75 Å². The maximum absolute atomic E-state index is 12.2. The highest BCUT2D eigenvalue weighted by Crippen LogP contribution is 2.66. The predicted octanol–water partition coefficient (Wildman–Crippen LogP) is 2.20. The molecule has 0 aromatic carbocycles. The molecule has 1 heterocycles. The number of fused-ring (bicyclic) bond motifs is 2. The summed E-state index contributed by atoms with van der Waals surface area (Å²) in [5.74, 6) is 0.621. The maximum Gasteiger partial charge on any atom is 0.316 e. The van der Waals surface area contributed by atoms with Crippen molar-refractivity contribution in [3.8, 4) is 0 Å². The molecule has 0 saturated heterocycles. The maximum atomic E-state index is 12.2. The number of nitrogen functional groups attached to an aromatic ring is 1. The highest BCUT2D eigenvalue weighted by atomic mass is 32.2. The Labute approximate surface area is 139 Å². The number of nitrogens with zero attached hydrogens (tertiary/aromatic N) is 1. The Balaban J connectivity index is 1.59. The monoisotopic (exact) mass is 337 g/mol. The van der Waals surface area contributed by atoms with Gasteiger partial charge in [-0.15, -0.1) is 0 Å². The van der Waals surface area contributed by atoms with Crippen LogP contribution in [0.1, 0.15) is 40.0 Å². The molecule has 7 heteroatoms. The zero-order chi connectivity index (χ0) is 16.8. The molecule has 1 aromatic heterocycles. The molecule has 3 rings (SSSR count). The normalized spacial score (nSPS) is 31.3. The lowest BCUT2D eigenvalue weighted by atomic mass is 9.70. The van der Waals surface area contributed by atoms with Crippen molar-refractivity contribution >= 4 is 23.5 Å². The molecule has 2 aliphatic rings. The summed E-state index contributed by atoms with van der Waals surface area (Å²) in [4.78, 5) is 30.1. The van der Waals surface area contributed by atoms with Gasteiger partial charge in [0.2, 0.25) is 0 Å². The molecule has 2 aliphatic carbocycles. The highest BCUT2D eigenvalue weighted by molar-refractivity contribution is 7.99. The number of esters is 1. The van der Waals surface area contributed by atoms with E-state index >= 15 is 0 Å². The summed E-state index contributed by atoms with van der Waals surface area (Å²) in [5, 5.41) is 0.339. The third-order valence-electron chi connectivity index (χ3n) is 6.05. The average Bonchev–Trinajstić information content (AvgIpc) is 2.77. The number of carbonyl (C=O) groups is 1. The van der Waals surface area contributed by atoms with Crippen molar-refractivity contribution in [3.05, 3.63) is 16.4 Å². The van der Waals surface area contributed by atoms with Gasteiger partial charge in [-0.1, -0.05) is 32.5 Å². The summed E-state index contributed by atoms with van der Waals surface area (Å²) in [6.45, 7) is 6.81. The molecule has 0 radical (unpaired) electrons. The minimum Gasteiger partial charge on any atom is -0.461 e. The van der Waals surface area contributed by atoms with Crippen molar-refractivity contribution < 1.29 is 9.53 Å². The molecule has 2 saturated carbocycles. The van der Waals surface area contributed by atoms with Gasteiger partial charge in [0, 0.05) is 11.5 Å². The third kappa shape index (κ3) is 2.75. The number of aromatic amines is 1. The summed E-state index contributed by atoms with van der Waals surface area (Å²) in [6.07, 6.45) is 3.27. The van der Waals surface area contributed by atoms with Crippen LogP contribution in [0.25, 0.3) is 0 Å². The summed E-state index contributed by atoms with van der Waals surface area (Å²) in [6, 6.07) is 1.21. The van der Waals surface area contributed by atoms with E-state index in [4.69, 9.17) is 10.5 Å². The van der Waals surface area contributed by atoms with E-state index in [1.807, 2.05) is 0 Å². The van der Waals surface area contributed by atoms with Crippen LogP contribution in [0, 0.1) is 16.7 Å². The Morgan fingerprint density at radius 2 is 2.26 bits per heavy atom. The second-order valence-electron chi connectivity index (χ2n) is 7.35. The Bertz CT molecular complexity index is 687. The van der Waals surface area contributed by atoms with Gasteiger partial charge in [-0.2, -0.15) is 0 Å². The van der Waals surface area contributed by atoms with Crippen LogP contribution in [0.2, 0.25) is 0 Å². The summed E-state index contributed by atoms with van der Waals surface area (Å²) in [5.41, 5.74) is 5.47. The number of aromatic nitrogens is 2. The first-order chi connectivity index (χ1) is 10.7. The number of nitrogens with one attached hydrogen (secondary N) is 1. The molecule has 0 amide bonds. The predicted molar refractivity (Wildman–Crippen MR) is 89.1 cm³/mol. The van der Waals surface area contributed by atoms with Crippen LogP contribution in [-0.2, 0) is 9.53 Å². The number of ether oxygens (including phenoxy) is 1. The van der Waals surface area contributed by atoms with E-state index in [-0.39, 0.29) is 40.0 Å². The molecule has 3 N–H and O–H groups in total. The molecule has 0 unspecified atom stereocenters. The van der Waals surface area contributed by atoms with Gasteiger partial charge in [-0.05, 0) is 30.6 Å². The smallest absolute Gasteiger partial charge is 0.316 e. The second-order valence-corrected chi connectivity index (χ2v) is 8.32. The lowest BCUT2D eigenvalue weighted by Gasteiger charge is -2.38. The quantitative estimate of drug-likeness (QED) is 0.496. The molecule has 126 valence electrons. The summed E-state index contributed by atoms with van der Waals surface area (Å²) < 4.78 is 5.76. The van der Waals surface area contributed by atoms with Crippen LogP contribution >= 0.6 is 11.8 Å². The number of nitrogens with two attached hydrogens (primary N) is 1. The van der Waals surface area contributed by atoms with Gasteiger partial charge < -0.3 is 15.5 Å². The molecular formula is C16H23N3O3S. The summed E-state index contributed by atoms with van der Waals surface area (Å²) >= 11 is 1.14. The van der Waals surface area contributed by atoms with Crippen molar-refractivity contribution in [2.24, 2.45) is 16.7 Å². The Morgan fingerprint density at radius 3 is 2.83 bits per heavy atom. The number of rotatable bonds is 4. The van der Waals surface area contributed by atoms with Crippen LogP contribution in [-0.4, -0.2) is 27.8 Å². The molecule has 2 fully saturated rings. The van der Waals surface area contributed by atoms with Crippen molar-refractivity contribution in [3.63, 3.8) is 0 Å². The van der Waals surface area contributed by atoms with E-state index in [9.17, 15) is 9.59 Å². The fourth-order valence-corrected chi connectivity index (χ4v) is 4.82. The lowest BCUT2D eigenvalue weighted by Crippen LogP contribution is -2.38. The molecular weight excluding hydrogens is 314 g/mol. The minimum atomic E-state index is -0.323. The third-order valence-corrected chi connectivity index (χ3v) is 6.90. The Hall–Kier alpha value is -1.50. The number of hydrogen-bond acceptors (Lipinski definition) is 6. The van der Waals surface area contributed by atoms with E-state index in [0.29, 0.717) is 11.1 Å². The van der Waals surface area contributed by atoms with E-state index in [0.717, 1.165) is 24.6 Å². The largest absolute Gasteiger partial charge is 0.461 e. The lowest BCUT2D eigenvalue weighted by molar-refractivity contribution is -0.153. The van der Waals surface area contributed by atoms with Crippen LogP contribution in [0.5, 0.6) is 0 Å². The van der Waals surface area contributed by atoms with Crippen LogP contribution in [0.3, 0.4) is 0 Å². The second kappa shape index (κ2) is 5.54. The standard InChI is InChI=1S/C16H23N3O3S/c1-15(2)9-4-5-16(15,3)10(6-9)22-13(21)8-23-14-18-11(17)7-12(20)19-14/h7,9-10H,4-6,8H2,1-3H3,(H3,17,18,19,20)/t9-,10-,16+/m1/s1. The number of hydrogen-bond donors (Lipinski definition) is 2. The SMILES string of the molecule is CC1(C)[C@@H]2CC[C@@]1(C)[C@H](OC(=O)CSc1nc(N)cc(=O)[nH]1)C2. The molecule has 2 bridgehead atoms. The van der Waals surface area contributed by atoms with Gasteiger partial charge >= 0.3 is 5.97 Å². The molecule has 6 nitrogen and oxygen atoms in total. The number of thioether (sulfide) groups is 1. The van der Waals surface area contributed by atoms with Crippen molar-refractivity contribution in [2.75, 3.05) is 11.5 Å². The highest BCUT2D eigenvalue weighted by Gasteiger charge is 2.62. The topological polar surface area (TPSA) is 98.1 Å². The van der Waals surface area contributed by atoms with E-state index in [2.05, 4.69) is 30.7 Å². The van der Waals surface area contributed by atoms with Gasteiger partial charge in [0.25, 0.3) is 5.56 Å². The fourth-order valence-electron chi connectivity index (χ4n) is 4.15. The molecule has 3 atom stereocenters. The van der Waals surface area contributed by atoms with E-state index in [1.165, 1.54) is 12.5 Å². The molecule has 23 heavy (non-hydrogen) atoms. The molecule has 1 aromatic rings. The number of anilines is 1. The zero-order valence-electron chi connectivity index (χ0n) is 13.7. The first-order valence-corrected chi connectivity index (χ1v) is 8.90. The van der Waals surface area contributed by atoms with Crippen molar-refractivity contribution in [2.45, 2.75) is 51.3 Å². The minimum absolute atomic E-state index is 0.0165. The Kier molecular flexibility index (Phi) is 3.94. The van der Waals surface area contributed by atoms with E-state index < -0.39 is 0 Å². The van der Waals surface area contributed by atoms with E-state index in [1.54, 1.807) is 0 Å². The number of H-pyrrole nitrogens is 1. The van der Waals surface area contributed by atoms with Gasteiger partial charge in [0.15, 0.2) is 5.16 Å². The first kappa shape index (κ1) is 16.4. The van der Waals surface area contributed by atoms with Gasteiger partial charge in [-0.25, -0.2) is 4.98 Å². The molecule has 0 spiro atoms. The zero-order valence-corrected chi connectivity index (χ0v) is 14.5. The van der Waals surface area contributed by atoms with Crippen LogP contribution < -0.4 is 11.3 Å².